The molecule has 0 radical (unpaired) electrons. The van der Waals surface area contributed by atoms with E-state index in [2.05, 4.69) is 56.1 Å². The highest BCUT2D eigenvalue weighted by Crippen LogP contribution is 2.33. The fourth-order valence-corrected chi connectivity index (χ4v) is 4.69. The van der Waals surface area contributed by atoms with Gasteiger partial charge in [-0.05, 0) is 65.2 Å². The molecule has 27 heavy (non-hydrogen) atoms. The van der Waals surface area contributed by atoms with Crippen LogP contribution in [-0.2, 0) is 20.1 Å². The van der Waals surface area contributed by atoms with Crippen molar-refractivity contribution < 1.29 is 4.39 Å². The second-order valence-corrected chi connectivity index (χ2v) is 9.40. The SMILES string of the molecule is Cc1nn(C)cc1CN(Cc1ccc(F)cc1)C1CC(C)(C)NC(C)(C)C1. The molecule has 0 amide bonds. The third kappa shape index (κ3) is 5.17. The van der Waals surface area contributed by atoms with E-state index in [4.69, 9.17) is 0 Å². The van der Waals surface area contributed by atoms with Crippen molar-refractivity contribution in [1.82, 2.24) is 20.0 Å². The smallest absolute Gasteiger partial charge is 0.123 e. The van der Waals surface area contributed by atoms with Gasteiger partial charge in [-0.25, -0.2) is 4.39 Å². The van der Waals surface area contributed by atoms with E-state index in [1.807, 2.05) is 23.9 Å². The van der Waals surface area contributed by atoms with Crippen LogP contribution in [0.4, 0.5) is 4.39 Å². The van der Waals surface area contributed by atoms with Crippen molar-refractivity contribution in [3.63, 3.8) is 0 Å². The average molecular weight is 373 g/mol. The number of benzene rings is 1. The van der Waals surface area contributed by atoms with Crippen molar-refractivity contribution >= 4 is 0 Å². The molecule has 1 aliphatic heterocycles. The Balaban J connectivity index is 1.88. The summed E-state index contributed by atoms with van der Waals surface area (Å²) in [6.07, 6.45) is 4.28. The van der Waals surface area contributed by atoms with Gasteiger partial charge in [0.1, 0.15) is 5.82 Å². The molecule has 1 fully saturated rings. The Morgan fingerprint density at radius 3 is 2.22 bits per heavy atom. The largest absolute Gasteiger partial charge is 0.307 e. The zero-order valence-electron chi connectivity index (χ0n) is 17.5. The average Bonchev–Trinajstić information content (AvgIpc) is 2.83. The van der Waals surface area contributed by atoms with Crippen LogP contribution in [0, 0.1) is 12.7 Å². The summed E-state index contributed by atoms with van der Waals surface area (Å²) in [7, 11) is 1.97. The summed E-state index contributed by atoms with van der Waals surface area (Å²) in [6, 6.07) is 7.35. The fourth-order valence-electron chi connectivity index (χ4n) is 4.69. The van der Waals surface area contributed by atoms with Crippen LogP contribution in [0.2, 0.25) is 0 Å². The molecule has 148 valence electrons. The van der Waals surface area contributed by atoms with Crippen LogP contribution < -0.4 is 5.32 Å². The van der Waals surface area contributed by atoms with Crippen molar-refractivity contribution in [3.05, 3.63) is 53.1 Å². The van der Waals surface area contributed by atoms with E-state index in [1.165, 1.54) is 5.56 Å². The van der Waals surface area contributed by atoms with Gasteiger partial charge >= 0.3 is 0 Å². The van der Waals surface area contributed by atoms with E-state index in [0.29, 0.717) is 6.04 Å². The Bertz CT molecular complexity index is 760. The van der Waals surface area contributed by atoms with Crippen LogP contribution in [0.15, 0.2) is 30.5 Å². The summed E-state index contributed by atoms with van der Waals surface area (Å²) in [5, 5.41) is 8.29. The van der Waals surface area contributed by atoms with E-state index >= 15 is 0 Å². The lowest BCUT2D eigenvalue weighted by molar-refractivity contribution is 0.0562. The summed E-state index contributed by atoms with van der Waals surface area (Å²) >= 11 is 0. The molecular formula is C22H33FN4. The van der Waals surface area contributed by atoms with Gasteiger partial charge in [0.2, 0.25) is 0 Å². The molecule has 0 aliphatic carbocycles. The lowest BCUT2D eigenvalue weighted by Gasteiger charge is -2.49. The van der Waals surface area contributed by atoms with Crippen molar-refractivity contribution in [2.24, 2.45) is 7.05 Å². The summed E-state index contributed by atoms with van der Waals surface area (Å²) in [4.78, 5) is 2.54. The molecule has 3 rings (SSSR count). The lowest BCUT2D eigenvalue weighted by atomic mass is 9.79. The van der Waals surface area contributed by atoms with Crippen LogP contribution in [0.5, 0.6) is 0 Å². The summed E-state index contributed by atoms with van der Waals surface area (Å²) in [5.74, 6) is -0.183. The third-order valence-electron chi connectivity index (χ3n) is 5.47. The number of halogens is 1. The number of hydrogen-bond donors (Lipinski definition) is 1. The highest BCUT2D eigenvalue weighted by molar-refractivity contribution is 5.19. The molecule has 1 aromatic heterocycles. The maximum atomic E-state index is 13.4. The van der Waals surface area contributed by atoms with E-state index < -0.39 is 0 Å². The Kier molecular flexibility index (Phi) is 5.46. The van der Waals surface area contributed by atoms with Gasteiger partial charge in [-0.3, -0.25) is 9.58 Å². The first-order valence-electron chi connectivity index (χ1n) is 9.80. The van der Waals surface area contributed by atoms with Crippen LogP contribution in [0.25, 0.3) is 0 Å². The minimum atomic E-state index is -0.183. The molecule has 0 saturated carbocycles. The standard InChI is InChI=1S/C22H33FN4/c1-16-18(14-26(6)24-16)15-27(13-17-7-9-19(23)10-8-17)20-11-21(2,3)25-22(4,5)12-20/h7-10,14,20,25H,11-13,15H2,1-6H3. The number of aromatic nitrogens is 2. The first kappa shape index (κ1) is 20.0. The summed E-state index contributed by atoms with van der Waals surface area (Å²) < 4.78 is 15.2. The molecule has 4 nitrogen and oxygen atoms in total. The molecule has 2 heterocycles. The predicted molar refractivity (Wildman–Crippen MR) is 108 cm³/mol. The molecule has 0 unspecified atom stereocenters. The number of piperidine rings is 1. The normalized spacial score (nSPS) is 19.6. The summed E-state index contributed by atoms with van der Waals surface area (Å²) in [5.41, 5.74) is 3.64. The Morgan fingerprint density at radius 2 is 1.70 bits per heavy atom. The Labute approximate surface area is 162 Å². The number of nitrogens with one attached hydrogen (secondary N) is 1. The lowest BCUT2D eigenvalue weighted by Crippen LogP contribution is -2.62. The van der Waals surface area contributed by atoms with Gasteiger partial charge in [0, 0.05) is 49.0 Å². The van der Waals surface area contributed by atoms with E-state index in [0.717, 1.165) is 37.2 Å². The molecule has 5 heteroatoms. The minimum absolute atomic E-state index is 0.0808. The second kappa shape index (κ2) is 7.36. The van der Waals surface area contributed by atoms with Crippen molar-refractivity contribution in [2.75, 3.05) is 0 Å². The van der Waals surface area contributed by atoms with Gasteiger partial charge in [-0.1, -0.05) is 12.1 Å². The van der Waals surface area contributed by atoms with Crippen LogP contribution in [-0.4, -0.2) is 31.8 Å². The van der Waals surface area contributed by atoms with Crippen LogP contribution in [0.3, 0.4) is 0 Å². The Morgan fingerprint density at radius 1 is 1.11 bits per heavy atom. The second-order valence-electron chi connectivity index (χ2n) is 9.40. The first-order valence-corrected chi connectivity index (χ1v) is 9.80. The van der Waals surface area contributed by atoms with E-state index in [1.54, 1.807) is 12.1 Å². The number of rotatable bonds is 5. The van der Waals surface area contributed by atoms with Gasteiger partial charge in [-0.2, -0.15) is 5.10 Å². The molecule has 1 saturated heterocycles. The van der Waals surface area contributed by atoms with Crippen molar-refractivity contribution in [2.45, 2.75) is 77.7 Å². The highest BCUT2D eigenvalue weighted by Gasteiger charge is 2.40. The fraction of sp³-hybridized carbons (Fsp3) is 0.591. The Hall–Kier alpha value is -1.72. The zero-order chi connectivity index (χ0) is 19.8. The van der Waals surface area contributed by atoms with Gasteiger partial charge < -0.3 is 5.32 Å². The highest BCUT2D eigenvalue weighted by atomic mass is 19.1. The molecule has 1 aliphatic rings. The van der Waals surface area contributed by atoms with Crippen LogP contribution >= 0.6 is 0 Å². The van der Waals surface area contributed by atoms with Crippen molar-refractivity contribution in [1.29, 1.82) is 0 Å². The third-order valence-corrected chi connectivity index (χ3v) is 5.47. The van der Waals surface area contributed by atoms with Crippen molar-refractivity contribution in [3.8, 4) is 0 Å². The van der Waals surface area contributed by atoms with Gasteiger partial charge in [0.05, 0.1) is 5.69 Å². The number of hydrogen-bond acceptors (Lipinski definition) is 3. The van der Waals surface area contributed by atoms with Gasteiger partial charge in [0.25, 0.3) is 0 Å². The molecular weight excluding hydrogens is 339 g/mol. The maximum absolute atomic E-state index is 13.4. The molecule has 1 N–H and O–H groups in total. The van der Waals surface area contributed by atoms with E-state index in [-0.39, 0.29) is 16.9 Å². The topological polar surface area (TPSA) is 33.1 Å². The molecule has 0 bridgehead atoms. The first-order chi connectivity index (χ1) is 12.5. The molecule has 0 atom stereocenters. The number of nitrogens with zero attached hydrogens (tertiary/aromatic N) is 3. The quantitative estimate of drug-likeness (QED) is 0.855. The monoisotopic (exact) mass is 372 g/mol. The molecule has 1 aromatic carbocycles. The van der Waals surface area contributed by atoms with E-state index in [9.17, 15) is 4.39 Å². The van der Waals surface area contributed by atoms with Gasteiger partial charge in [0.15, 0.2) is 0 Å². The molecule has 2 aromatic rings. The molecule has 0 spiro atoms. The maximum Gasteiger partial charge on any atom is 0.123 e. The van der Waals surface area contributed by atoms with Crippen LogP contribution in [0.1, 0.15) is 57.4 Å². The number of aryl methyl sites for hydroxylation is 2. The minimum Gasteiger partial charge on any atom is -0.307 e. The predicted octanol–water partition coefficient (Wildman–Crippen LogP) is 4.18. The zero-order valence-corrected chi connectivity index (χ0v) is 17.5. The van der Waals surface area contributed by atoms with Gasteiger partial charge in [-0.15, -0.1) is 0 Å². The summed E-state index contributed by atoms with van der Waals surface area (Å²) in [6.45, 7) is 12.9.